The third kappa shape index (κ3) is 3.49. The van der Waals surface area contributed by atoms with Gasteiger partial charge in [0, 0.05) is 12.1 Å². The number of hydrogen-bond donors (Lipinski definition) is 2. The van der Waals surface area contributed by atoms with Crippen molar-refractivity contribution >= 4 is 34.0 Å². The zero-order valence-electron chi connectivity index (χ0n) is 15.4. The molecule has 5 rings (SSSR count). The van der Waals surface area contributed by atoms with Crippen molar-refractivity contribution in [3.05, 3.63) is 41.4 Å². The number of hydrogen-bond acceptors (Lipinski definition) is 7. The maximum absolute atomic E-state index is 14.2. The maximum Gasteiger partial charge on any atom is 0.231 e. The molecule has 0 unspecified atom stereocenters. The molecule has 2 aliphatic heterocycles. The molecule has 1 aromatic heterocycles. The van der Waals surface area contributed by atoms with E-state index in [0.717, 1.165) is 25.9 Å². The van der Waals surface area contributed by atoms with Crippen molar-refractivity contribution in [3.63, 3.8) is 0 Å². The van der Waals surface area contributed by atoms with Gasteiger partial charge in [0.1, 0.15) is 35.5 Å². The first kappa shape index (κ1) is 18.2. The van der Waals surface area contributed by atoms with E-state index in [-0.39, 0.29) is 12.9 Å². The minimum atomic E-state index is -0.415. The van der Waals surface area contributed by atoms with Crippen LogP contribution in [-0.2, 0) is 0 Å². The number of halogens is 2. The summed E-state index contributed by atoms with van der Waals surface area (Å²) in [5, 5.41) is 7.53. The molecule has 0 amide bonds. The molecule has 0 atom stereocenters. The monoisotopic (exact) mass is 416 g/mol. The number of rotatable bonds is 4. The number of aromatic nitrogens is 2. The van der Waals surface area contributed by atoms with Gasteiger partial charge in [0.15, 0.2) is 11.5 Å². The summed E-state index contributed by atoms with van der Waals surface area (Å²) in [4.78, 5) is 8.58. The van der Waals surface area contributed by atoms with Gasteiger partial charge in [-0.2, -0.15) is 0 Å². The van der Waals surface area contributed by atoms with Gasteiger partial charge in [-0.15, -0.1) is 0 Å². The molecule has 1 fully saturated rings. The molecular weight excluding hydrogens is 399 g/mol. The van der Waals surface area contributed by atoms with Gasteiger partial charge in [-0.1, -0.05) is 11.6 Å². The molecule has 0 radical (unpaired) electrons. The van der Waals surface area contributed by atoms with Gasteiger partial charge in [0.05, 0.1) is 15.9 Å². The summed E-state index contributed by atoms with van der Waals surface area (Å²) >= 11 is 6.39. The van der Waals surface area contributed by atoms with E-state index in [1.54, 1.807) is 12.1 Å². The second kappa shape index (κ2) is 7.53. The number of piperidine rings is 1. The molecule has 150 valence electrons. The lowest BCUT2D eigenvalue weighted by molar-refractivity contribution is 0.164. The largest absolute Gasteiger partial charge is 0.489 e. The van der Waals surface area contributed by atoms with Crippen LogP contribution in [0.5, 0.6) is 17.2 Å². The Hall–Kier alpha value is -2.84. The average Bonchev–Trinajstić information content (AvgIpc) is 3.20. The van der Waals surface area contributed by atoms with Crippen LogP contribution in [0.15, 0.2) is 30.6 Å². The molecule has 0 saturated carbocycles. The second-order valence-electron chi connectivity index (χ2n) is 6.87. The number of ether oxygens (including phenoxy) is 3. The summed E-state index contributed by atoms with van der Waals surface area (Å²) in [6.45, 7) is 1.84. The molecule has 29 heavy (non-hydrogen) atoms. The highest BCUT2D eigenvalue weighted by molar-refractivity contribution is 6.34. The van der Waals surface area contributed by atoms with Crippen LogP contribution in [0.25, 0.3) is 10.9 Å². The van der Waals surface area contributed by atoms with Gasteiger partial charge in [0.2, 0.25) is 6.79 Å². The normalized spacial score (nSPS) is 16.2. The van der Waals surface area contributed by atoms with E-state index in [4.69, 9.17) is 25.8 Å². The molecule has 0 aliphatic carbocycles. The van der Waals surface area contributed by atoms with Crippen LogP contribution in [0.3, 0.4) is 0 Å². The second-order valence-corrected chi connectivity index (χ2v) is 7.28. The number of anilines is 2. The van der Waals surface area contributed by atoms with Gasteiger partial charge in [-0.25, -0.2) is 14.4 Å². The van der Waals surface area contributed by atoms with E-state index >= 15 is 0 Å². The molecule has 9 heteroatoms. The molecule has 0 bridgehead atoms. The number of fused-ring (bicyclic) bond motifs is 2. The minimum absolute atomic E-state index is 0.00407. The van der Waals surface area contributed by atoms with E-state index in [1.165, 1.54) is 18.5 Å². The van der Waals surface area contributed by atoms with E-state index in [9.17, 15) is 4.39 Å². The Bertz CT molecular complexity index is 1080. The highest BCUT2D eigenvalue weighted by atomic mass is 35.5. The van der Waals surface area contributed by atoms with Gasteiger partial charge in [-0.05, 0) is 38.1 Å². The van der Waals surface area contributed by atoms with E-state index < -0.39 is 5.82 Å². The number of nitrogens with one attached hydrogen (secondary N) is 2. The Morgan fingerprint density at radius 1 is 1.17 bits per heavy atom. The Morgan fingerprint density at radius 3 is 2.90 bits per heavy atom. The first-order chi connectivity index (χ1) is 14.2. The molecule has 3 heterocycles. The Morgan fingerprint density at radius 2 is 2.03 bits per heavy atom. The van der Waals surface area contributed by atoms with Crippen molar-refractivity contribution < 1.29 is 18.6 Å². The smallest absolute Gasteiger partial charge is 0.231 e. The summed E-state index contributed by atoms with van der Waals surface area (Å²) < 4.78 is 31.4. The van der Waals surface area contributed by atoms with Crippen LogP contribution in [0.1, 0.15) is 12.8 Å². The summed E-state index contributed by atoms with van der Waals surface area (Å²) in [7, 11) is 0. The summed E-state index contributed by atoms with van der Waals surface area (Å²) in [6, 6.07) is 6.19. The van der Waals surface area contributed by atoms with Crippen LogP contribution >= 0.6 is 11.6 Å². The molecule has 2 aromatic carbocycles. The van der Waals surface area contributed by atoms with Crippen LogP contribution in [-0.4, -0.2) is 36.0 Å². The molecular formula is C20H18ClFN4O3. The van der Waals surface area contributed by atoms with Gasteiger partial charge in [0.25, 0.3) is 0 Å². The Labute approximate surface area is 171 Å². The van der Waals surface area contributed by atoms with Crippen LogP contribution < -0.4 is 24.8 Å². The van der Waals surface area contributed by atoms with E-state index in [2.05, 4.69) is 20.6 Å². The summed E-state index contributed by atoms with van der Waals surface area (Å²) in [5.74, 6) is 1.53. The highest BCUT2D eigenvalue weighted by Crippen LogP contribution is 2.45. The Balaban J connectivity index is 1.59. The summed E-state index contributed by atoms with van der Waals surface area (Å²) in [6.07, 6.45) is 3.05. The number of nitrogens with zero attached hydrogens (tertiary/aromatic N) is 2. The molecule has 7 nitrogen and oxygen atoms in total. The zero-order chi connectivity index (χ0) is 19.8. The van der Waals surface area contributed by atoms with Gasteiger partial charge >= 0.3 is 0 Å². The lowest BCUT2D eigenvalue weighted by Gasteiger charge is -2.25. The van der Waals surface area contributed by atoms with E-state index in [1.807, 2.05) is 0 Å². The van der Waals surface area contributed by atoms with Crippen LogP contribution in [0.2, 0.25) is 5.02 Å². The lowest BCUT2D eigenvalue weighted by Crippen LogP contribution is -2.34. The van der Waals surface area contributed by atoms with Crippen molar-refractivity contribution in [2.24, 2.45) is 0 Å². The fourth-order valence-electron chi connectivity index (χ4n) is 3.59. The third-order valence-electron chi connectivity index (χ3n) is 4.98. The topological polar surface area (TPSA) is 77.5 Å². The van der Waals surface area contributed by atoms with Crippen molar-refractivity contribution in [2.75, 3.05) is 25.2 Å². The quantitative estimate of drug-likeness (QED) is 0.665. The minimum Gasteiger partial charge on any atom is -0.489 e. The van der Waals surface area contributed by atoms with Crippen LogP contribution in [0.4, 0.5) is 15.9 Å². The average molecular weight is 417 g/mol. The van der Waals surface area contributed by atoms with Gasteiger partial charge < -0.3 is 24.8 Å². The first-order valence-corrected chi connectivity index (χ1v) is 9.73. The van der Waals surface area contributed by atoms with Crippen molar-refractivity contribution in [1.82, 2.24) is 15.3 Å². The SMILES string of the molecule is Fc1cc(OC2CCNCC2)c2c(Nc3c(Cl)ccc4c3OCO4)ncnc2c1. The molecule has 1 saturated heterocycles. The third-order valence-corrected chi connectivity index (χ3v) is 5.29. The van der Waals surface area contributed by atoms with Crippen molar-refractivity contribution in [2.45, 2.75) is 18.9 Å². The highest BCUT2D eigenvalue weighted by Gasteiger charge is 2.23. The van der Waals surface area contributed by atoms with Crippen molar-refractivity contribution in [3.8, 4) is 17.2 Å². The number of benzene rings is 2. The van der Waals surface area contributed by atoms with E-state index in [0.29, 0.717) is 44.7 Å². The first-order valence-electron chi connectivity index (χ1n) is 9.36. The zero-order valence-corrected chi connectivity index (χ0v) is 16.1. The van der Waals surface area contributed by atoms with Crippen molar-refractivity contribution in [1.29, 1.82) is 0 Å². The fourth-order valence-corrected chi connectivity index (χ4v) is 3.78. The standard InChI is InChI=1S/C20H18ClFN4O3/c21-13-1-2-15-19(28-10-27-15)18(13)26-20-17-14(24-9-25-20)7-11(22)8-16(17)29-12-3-5-23-6-4-12/h1-2,7-9,12,23H,3-6,10H2,(H,24,25,26). The predicted molar refractivity (Wildman–Crippen MR) is 107 cm³/mol. The maximum atomic E-state index is 14.2. The van der Waals surface area contributed by atoms with Gasteiger partial charge in [-0.3, -0.25) is 0 Å². The Kier molecular flexibility index (Phi) is 4.73. The molecule has 2 N–H and O–H groups in total. The molecule has 2 aliphatic rings. The lowest BCUT2D eigenvalue weighted by atomic mass is 10.1. The van der Waals surface area contributed by atoms with Crippen LogP contribution in [0, 0.1) is 5.82 Å². The molecule has 0 spiro atoms. The molecule has 3 aromatic rings. The fraction of sp³-hybridized carbons (Fsp3) is 0.300. The summed E-state index contributed by atoms with van der Waals surface area (Å²) in [5.41, 5.74) is 0.964. The predicted octanol–water partition coefficient (Wildman–Crippen LogP) is 4.03.